The van der Waals surface area contributed by atoms with Gasteiger partial charge >= 0.3 is 0 Å². The van der Waals surface area contributed by atoms with Gasteiger partial charge in [-0.25, -0.2) is 0 Å². The van der Waals surface area contributed by atoms with E-state index in [9.17, 15) is 10.2 Å². The first-order valence-electron chi connectivity index (χ1n) is 24.5. The number of rotatable bonds is 14. The van der Waals surface area contributed by atoms with Gasteiger partial charge in [-0.1, -0.05) is 177 Å². The molecular weight excluding hydrogens is 781 g/mol. The van der Waals surface area contributed by atoms with E-state index in [0.717, 1.165) is 60.8 Å². The van der Waals surface area contributed by atoms with Crippen molar-refractivity contribution in [3.8, 4) is 11.5 Å². The van der Waals surface area contributed by atoms with Crippen LogP contribution in [0.3, 0.4) is 0 Å². The molecule has 360 valence electrons. The van der Waals surface area contributed by atoms with E-state index in [1.54, 1.807) is 0 Å². The molecule has 0 saturated carbocycles. The minimum absolute atomic E-state index is 0.108. The highest BCUT2D eigenvalue weighted by molar-refractivity contribution is 5.52. The van der Waals surface area contributed by atoms with Crippen LogP contribution in [0.4, 0.5) is 0 Å². The van der Waals surface area contributed by atoms with Gasteiger partial charge < -0.3 is 29.2 Å². The fourth-order valence-electron chi connectivity index (χ4n) is 12.2. The molecule has 2 aliphatic heterocycles. The third-order valence-electron chi connectivity index (χ3n) is 13.6. The van der Waals surface area contributed by atoms with E-state index in [4.69, 9.17) is 18.9 Å². The fourth-order valence-corrected chi connectivity index (χ4v) is 12.2. The number of hydrogen-bond donors (Lipinski definition) is 2. The molecule has 2 unspecified atom stereocenters. The van der Waals surface area contributed by atoms with Crippen LogP contribution in [-0.4, -0.2) is 49.2 Å². The van der Waals surface area contributed by atoms with Crippen molar-refractivity contribution in [2.24, 2.45) is 27.1 Å². The first kappa shape index (κ1) is 53.5. The lowest BCUT2D eigenvalue weighted by molar-refractivity contribution is -0.304. The molecule has 4 rings (SSSR count). The third kappa shape index (κ3) is 14.4. The zero-order valence-corrected chi connectivity index (χ0v) is 44.7. The molecule has 0 aliphatic carbocycles. The summed E-state index contributed by atoms with van der Waals surface area (Å²) < 4.78 is 26.1. The smallest absolute Gasteiger partial charge is 0.158 e. The lowest BCUT2D eigenvalue weighted by Gasteiger charge is -2.44. The van der Waals surface area contributed by atoms with Crippen LogP contribution in [0.2, 0.25) is 0 Å². The van der Waals surface area contributed by atoms with Crippen LogP contribution in [0, 0.1) is 27.1 Å². The lowest BCUT2D eigenvalue weighted by Crippen LogP contribution is -2.52. The summed E-state index contributed by atoms with van der Waals surface area (Å²) in [5.74, 6) is 1.21. The van der Waals surface area contributed by atoms with Crippen LogP contribution in [0.25, 0.3) is 0 Å². The Bertz CT molecular complexity index is 1600. The number of hydrogen-bond acceptors (Lipinski definition) is 6. The molecule has 2 N–H and O–H groups in total. The molecule has 6 heteroatoms. The average Bonchev–Trinajstić information content (AvgIpc) is 3.06. The van der Waals surface area contributed by atoms with Crippen LogP contribution in [0.5, 0.6) is 11.5 Å². The number of benzene rings is 2. The maximum absolute atomic E-state index is 12.0. The molecule has 2 heterocycles. The van der Waals surface area contributed by atoms with Crippen LogP contribution in [0.15, 0.2) is 24.3 Å². The standard InChI is InChI=1S/C57H96O6/c1-37(39-25-41(53(15,16)29-49(3,4)5)47(58)42(26-39)54(17,18)30-50(6,7)8)23-45-60-33-57(34-61-45)35-62-46(63-36-57)24-38(2)40-27-43(55(19,20)31-51(9,10)11)48(59)44(28-40)56(21,22)32-52(12,13)14/h25-28,37-38,45-46,58-59H,23-24,29-36H2,1-22H3. The molecule has 0 aromatic heterocycles. The number of phenols is 2. The van der Waals surface area contributed by atoms with E-state index in [0.29, 0.717) is 37.9 Å². The van der Waals surface area contributed by atoms with E-state index in [1.807, 2.05) is 0 Å². The Kier molecular flexibility index (Phi) is 15.7. The molecule has 2 aliphatic rings. The maximum Gasteiger partial charge on any atom is 0.158 e. The molecule has 6 nitrogen and oxygen atoms in total. The molecule has 2 saturated heterocycles. The number of aromatic hydroxyl groups is 2. The number of ether oxygens (including phenoxy) is 4. The van der Waals surface area contributed by atoms with Crippen molar-refractivity contribution in [2.45, 2.75) is 237 Å². The average molecular weight is 877 g/mol. The molecular formula is C57H96O6. The van der Waals surface area contributed by atoms with Gasteiger partial charge in [0.1, 0.15) is 11.5 Å². The Labute approximate surface area is 387 Å². The lowest BCUT2D eigenvalue weighted by atomic mass is 9.67. The maximum atomic E-state index is 12.0. The normalized spacial score (nSPS) is 22.4. The first-order valence-corrected chi connectivity index (χ1v) is 24.5. The first-order chi connectivity index (χ1) is 28.2. The van der Waals surface area contributed by atoms with Gasteiger partial charge in [0.2, 0.25) is 0 Å². The largest absolute Gasteiger partial charge is 0.507 e. The summed E-state index contributed by atoms with van der Waals surface area (Å²) >= 11 is 0. The Morgan fingerprint density at radius 3 is 0.825 bits per heavy atom. The highest BCUT2D eigenvalue weighted by Crippen LogP contribution is 2.50. The van der Waals surface area contributed by atoms with Gasteiger partial charge in [-0.15, -0.1) is 0 Å². The molecule has 0 radical (unpaired) electrons. The van der Waals surface area contributed by atoms with Crippen LogP contribution < -0.4 is 0 Å². The van der Waals surface area contributed by atoms with Crippen molar-refractivity contribution < 1.29 is 29.2 Å². The highest BCUT2D eigenvalue weighted by atomic mass is 16.7. The fraction of sp³-hybridized carbons (Fsp3) is 0.789. The zero-order chi connectivity index (χ0) is 48.2. The van der Waals surface area contributed by atoms with Crippen molar-refractivity contribution in [3.63, 3.8) is 0 Å². The molecule has 2 aromatic rings. The van der Waals surface area contributed by atoms with Gasteiger partial charge in [-0.3, -0.25) is 0 Å². The van der Waals surface area contributed by atoms with Gasteiger partial charge in [0, 0.05) is 35.1 Å². The molecule has 2 atom stereocenters. The van der Waals surface area contributed by atoms with Crippen LogP contribution >= 0.6 is 0 Å². The van der Waals surface area contributed by atoms with E-state index in [2.05, 4.69) is 177 Å². The highest BCUT2D eigenvalue weighted by Gasteiger charge is 2.44. The van der Waals surface area contributed by atoms with E-state index < -0.39 is 0 Å². The summed E-state index contributed by atoms with van der Waals surface area (Å²) in [5, 5.41) is 24.0. The second-order valence-corrected chi connectivity index (χ2v) is 28.3. The Balaban J connectivity index is 1.48. The van der Waals surface area contributed by atoms with E-state index in [1.165, 1.54) is 11.1 Å². The van der Waals surface area contributed by atoms with Crippen molar-refractivity contribution in [2.75, 3.05) is 26.4 Å². The molecule has 1 spiro atoms. The van der Waals surface area contributed by atoms with Gasteiger partial charge in [-0.2, -0.15) is 0 Å². The van der Waals surface area contributed by atoms with Crippen molar-refractivity contribution in [1.82, 2.24) is 0 Å². The quantitative estimate of drug-likeness (QED) is 0.197. The molecule has 0 amide bonds. The SMILES string of the molecule is CC(CC1OCC2(CO1)COC(CC(C)c1cc(C(C)(C)CC(C)(C)C)c(O)c(C(C)(C)CC(C)(C)C)c1)OC2)c1cc(C(C)(C)CC(C)(C)C)c(O)c(C(C)(C)CC(C)(C)C)c1. The topological polar surface area (TPSA) is 77.4 Å². The van der Waals surface area contributed by atoms with Gasteiger partial charge in [0.05, 0.1) is 31.8 Å². The minimum atomic E-state index is -0.348. The second kappa shape index (κ2) is 18.5. The van der Waals surface area contributed by atoms with Crippen molar-refractivity contribution >= 4 is 0 Å². The summed E-state index contributed by atoms with van der Waals surface area (Å²) in [6.07, 6.45) is 4.58. The predicted octanol–water partition coefficient (Wildman–Crippen LogP) is 15.4. The molecule has 63 heavy (non-hydrogen) atoms. The Morgan fingerprint density at radius 1 is 0.429 bits per heavy atom. The van der Waals surface area contributed by atoms with Gasteiger partial charge in [0.15, 0.2) is 12.6 Å². The van der Waals surface area contributed by atoms with Crippen molar-refractivity contribution in [1.29, 1.82) is 0 Å². The van der Waals surface area contributed by atoms with Gasteiger partial charge in [0.25, 0.3) is 0 Å². The third-order valence-corrected chi connectivity index (χ3v) is 13.6. The van der Waals surface area contributed by atoms with Gasteiger partial charge in [-0.05, 0) is 92.0 Å². The Morgan fingerprint density at radius 2 is 0.635 bits per heavy atom. The summed E-state index contributed by atoms with van der Waals surface area (Å²) in [4.78, 5) is 0. The predicted molar refractivity (Wildman–Crippen MR) is 264 cm³/mol. The van der Waals surface area contributed by atoms with E-state index >= 15 is 0 Å². The molecule has 2 aromatic carbocycles. The Hall–Kier alpha value is -2.12. The van der Waals surface area contributed by atoms with E-state index in [-0.39, 0.29) is 73.2 Å². The summed E-state index contributed by atoms with van der Waals surface area (Å²) in [5.41, 5.74) is 5.79. The monoisotopic (exact) mass is 877 g/mol. The van der Waals surface area contributed by atoms with Crippen LogP contribution in [0.1, 0.15) is 236 Å². The summed E-state index contributed by atoms with van der Waals surface area (Å²) in [7, 11) is 0. The summed E-state index contributed by atoms with van der Waals surface area (Å²) in [6.45, 7) is 52.2. The summed E-state index contributed by atoms with van der Waals surface area (Å²) in [6, 6.07) is 9.04. The second-order valence-electron chi connectivity index (χ2n) is 28.3. The van der Waals surface area contributed by atoms with Crippen molar-refractivity contribution in [3.05, 3.63) is 57.6 Å². The minimum Gasteiger partial charge on any atom is -0.507 e. The molecule has 2 fully saturated rings. The number of phenolic OH excluding ortho intramolecular Hbond substituents is 2. The van der Waals surface area contributed by atoms with Crippen LogP contribution in [-0.2, 0) is 40.6 Å². The molecule has 0 bridgehead atoms. The zero-order valence-electron chi connectivity index (χ0n) is 44.7.